The molecule has 3 aromatic rings. The van der Waals surface area contributed by atoms with Crippen LogP contribution in [0, 0.1) is 5.82 Å². The van der Waals surface area contributed by atoms with E-state index in [1.165, 1.54) is 18.2 Å². The number of nitrogens with zero attached hydrogens (tertiary/aromatic N) is 1. The average molecular weight is 432 g/mol. The van der Waals surface area contributed by atoms with Gasteiger partial charge in [-0.05, 0) is 47.4 Å². The number of carbonyl (C=O) groups excluding carboxylic acids is 1. The molecule has 0 saturated carbocycles. The first-order valence-corrected chi connectivity index (χ1v) is 10.6. The topological polar surface area (TPSA) is 62.4 Å². The number of aromatic amines is 1. The molecule has 1 N–H and O–H groups in total. The fourth-order valence-electron chi connectivity index (χ4n) is 4.20. The fraction of sp³-hybridized carbons (Fsp3) is 0.231. The van der Waals surface area contributed by atoms with Gasteiger partial charge in [-0.2, -0.15) is 0 Å². The van der Waals surface area contributed by atoms with E-state index in [4.69, 9.17) is 4.74 Å². The van der Waals surface area contributed by atoms with Crippen molar-refractivity contribution < 1.29 is 13.9 Å². The van der Waals surface area contributed by atoms with Gasteiger partial charge in [0, 0.05) is 31.6 Å². The van der Waals surface area contributed by atoms with E-state index in [2.05, 4.69) is 11.6 Å². The number of ether oxygens (including phenoxy) is 1. The van der Waals surface area contributed by atoms with Gasteiger partial charge in [0.1, 0.15) is 11.4 Å². The summed E-state index contributed by atoms with van der Waals surface area (Å²) in [4.78, 5) is 28.7. The van der Waals surface area contributed by atoms with Crippen LogP contribution in [0.4, 0.5) is 9.18 Å². The number of rotatable bonds is 6. The average Bonchev–Trinajstić information content (AvgIpc) is 2.80. The van der Waals surface area contributed by atoms with Crippen LogP contribution in [0.1, 0.15) is 36.9 Å². The van der Waals surface area contributed by atoms with E-state index in [0.717, 1.165) is 22.3 Å². The summed E-state index contributed by atoms with van der Waals surface area (Å²) in [5.41, 5.74) is 2.65. The highest BCUT2D eigenvalue weighted by molar-refractivity contribution is 5.70. The minimum Gasteiger partial charge on any atom is -0.437 e. The van der Waals surface area contributed by atoms with Crippen molar-refractivity contribution in [3.63, 3.8) is 0 Å². The number of halogens is 1. The number of amides is 1. The lowest BCUT2D eigenvalue weighted by Crippen LogP contribution is -2.48. The highest BCUT2D eigenvalue weighted by Crippen LogP contribution is 2.40. The second-order valence-electron chi connectivity index (χ2n) is 8.04. The third-order valence-electron chi connectivity index (χ3n) is 6.10. The molecule has 1 fully saturated rings. The molecule has 1 amide bonds. The second kappa shape index (κ2) is 8.83. The van der Waals surface area contributed by atoms with E-state index in [1.807, 2.05) is 31.2 Å². The molecule has 6 heteroatoms. The van der Waals surface area contributed by atoms with E-state index < -0.39 is 11.7 Å². The summed E-state index contributed by atoms with van der Waals surface area (Å²) in [7, 11) is 0. The van der Waals surface area contributed by atoms with Gasteiger partial charge in [-0.1, -0.05) is 42.5 Å². The summed E-state index contributed by atoms with van der Waals surface area (Å²) in [6.45, 7) is 6.28. The standard InChI is InChI=1S/C26H25FN2O3/c1-3-14-26(22-9-11-23(27)12-10-22)15-16-29(25(31)32-26)18(2)19-4-6-20(7-5-19)21-8-13-24(30)28-17-21/h3-13,17-18H,1,14-16H2,2H3,(H,28,30)/t18-,26?/m0/s1. The van der Waals surface area contributed by atoms with Gasteiger partial charge < -0.3 is 14.6 Å². The Kier molecular flexibility index (Phi) is 5.95. The Morgan fingerprint density at radius 3 is 2.38 bits per heavy atom. The minimum absolute atomic E-state index is 0.143. The van der Waals surface area contributed by atoms with Crippen molar-refractivity contribution in [3.8, 4) is 11.1 Å². The number of benzene rings is 2. The fourth-order valence-corrected chi connectivity index (χ4v) is 4.20. The number of nitrogens with one attached hydrogen (secondary N) is 1. The summed E-state index contributed by atoms with van der Waals surface area (Å²) in [6, 6.07) is 17.1. The van der Waals surface area contributed by atoms with Crippen molar-refractivity contribution >= 4 is 6.09 Å². The number of cyclic esters (lactones) is 1. The predicted molar refractivity (Wildman–Crippen MR) is 122 cm³/mol. The Labute approximate surface area is 186 Å². The molecule has 1 aromatic heterocycles. The molecule has 2 heterocycles. The molecular weight excluding hydrogens is 407 g/mol. The van der Waals surface area contributed by atoms with Crippen LogP contribution in [-0.4, -0.2) is 22.5 Å². The van der Waals surface area contributed by atoms with Crippen molar-refractivity contribution in [2.24, 2.45) is 0 Å². The Morgan fingerprint density at radius 1 is 1.09 bits per heavy atom. The first-order valence-electron chi connectivity index (χ1n) is 10.6. The Bertz CT molecular complexity index is 1150. The van der Waals surface area contributed by atoms with Gasteiger partial charge in [-0.15, -0.1) is 6.58 Å². The molecule has 2 aromatic carbocycles. The Morgan fingerprint density at radius 2 is 1.78 bits per heavy atom. The quantitative estimate of drug-likeness (QED) is 0.519. The van der Waals surface area contributed by atoms with Gasteiger partial charge in [0.25, 0.3) is 0 Å². The molecule has 2 atom stereocenters. The monoisotopic (exact) mass is 432 g/mol. The maximum atomic E-state index is 13.4. The number of hydrogen-bond acceptors (Lipinski definition) is 3. The second-order valence-corrected chi connectivity index (χ2v) is 8.04. The maximum Gasteiger partial charge on any atom is 0.411 e. The Balaban J connectivity index is 1.52. The Hall–Kier alpha value is -3.67. The van der Waals surface area contributed by atoms with Gasteiger partial charge in [-0.25, -0.2) is 9.18 Å². The molecule has 0 spiro atoms. The number of carbonyl (C=O) groups is 1. The molecule has 164 valence electrons. The molecule has 1 saturated heterocycles. The van der Waals surface area contributed by atoms with Crippen molar-refractivity contribution in [2.45, 2.75) is 31.4 Å². The van der Waals surface area contributed by atoms with Gasteiger partial charge in [0.15, 0.2) is 0 Å². The van der Waals surface area contributed by atoms with Crippen LogP contribution in [-0.2, 0) is 10.3 Å². The number of pyridine rings is 1. The minimum atomic E-state index is -0.836. The molecule has 1 unspecified atom stereocenters. The van der Waals surface area contributed by atoms with E-state index in [9.17, 15) is 14.0 Å². The first kappa shape index (κ1) is 21.6. The SMILES string of the molecule is C=CCC1(c2ccc(F)cc2)CCN([C@@H](C)c2ccc(-c3ccc(=O)[nH]c3)cc2)C(=O)O1. The summed E-state index contributed by atoms with van der Waals surface area (Å²) in [5, 5.41) is 0. The van der Waals surface area contributed by atoms with Crippen molar-refractivity contribution in [1.82, 2.24) is 9.88 Å². The lowest BCUT2D eigenvalue weighted by atomic mass is 9.85. The van der Waals surface area contributed by atoms with Crippen LogP contribution in [0.15, 0.2) is 84.3 Å². The number of hydrogen-bond donors (Lipinski definition) is 1. The van der Waals surface area contributed by atoms with Crippen LogP contribution in [0.2, 0.25) is 0 Å². The number of H-pyrrole nitrogens is 1. The van der Waals surface area contributed by atoms with Gasteiger partial charge >= 0.3 is 6.09 Å². The third kappa shape index (κ3) is 4.21. The van der Waals surface area contributed by atoms with Crippen LogP contribution < -0.4 is 5.56 Å². The molecule has 0 aliphatic carbocycles. The molecule has 32 heavy (non-hydrogen) atoms. The molecular formula is C26H25FN2O3. The largest absolute Gasteiger partial charge is 0.437 e. The van der Waals surface area contributed by atoms with Crippen molar-refractivity contribution in [1.29, 1.82) is 0 Å². The van der Waals surface area contributed by atoms with E-state index in [0.29, 0.717) is 19.4 Å². The van der Waals surface area contributed by atoms with Crippen LogP contribution in [0.25, 0.3) is 11.1 Å². The molecule has 4 rings (SSSR count). The van der Waals surface area contributed by atoms with Crippen LogP contribution in [0.5, 0.6) is 0 Å². The smallest absolute Gasteiger partial charge is 0.411 e. The summed E-state index contributed by atoms with van der Waals surface area (Å²) < 4.78 is 19.4. The van der Waals surface area contributed by atoms with E-state index in [-0.39, 0.29) is 17.4 Å². The summed E-state index contributed by atoms with van der Waals surface area (Å²) >= 11 is 0. The van der Waals surface area contributed by atoms with Crippen LogP contribution in [0.3, 0.4) is 0 Å². The van der Waals surface area contributed by atoms with Crippen molar-refractivity contribution in [2.75, 3.05) is 6.54 Å². The highest BCUT2D eigenvalue weighted by Gasteiger charge is 2.42. The lowest BCUT2D eigenvalue weighted by molar-refractivity contribution is -0.0588. The molecule has 0 bridgehead atoms. The predicted octanol–water partition coefficient (Wildman–Crippen LogP) is 5.56. The van der Waals surface area contributed by atoms with Gasteiger partial charge in [0.2, 0.25) is 5.56 Å². The molecule has 1 aliphatic rings. The molecule has 1 aliphatic heterocycles. The molecule has 0 radical (unpaired) electrons. The first-order chi connectivity index (χ1) is 15.4. The third-order valence-corrected chi connectivity index (χ3v) is 6.10. The number of aromatic nitrogens is 1. The lowest BCUT2D eigenvalue weighted by Gasteiger charge is -2.43. The van der Waals surface area contributed by atoms with E-state index in [1.54, 1.807) is 35.4 Å². The summed E-state index contributed by atoms with van der Waals surface area (Å²) in [6.07, 6.45) is 4.04. The highest BCUT2D eigenvalue weighted by atomic mass is 19.1. The zero-order valence-corrected chi connectivity index (χ0v) is 17.9. The summed E-state index contributed by atoms with van der Waals surface area (Å²) in [5.74, 6) is -0.329. The van der Waals surface area contributed by atoms with Crippen LogP contribution >= 0.6 is 0 Å². The normalized spacial score (nSPS) is 19.3. The van der Waals surface area contributed by atoms with Crippen molar-refractivity contribution in [3.05, 3.63) is 107 Å². The zero-order chi connectivity index (χ0) is 22.7. The van der Waals surface area contributed by atoms with E-state index >= 15 is 0 Å². The van der Waals surface area contributed by atoms with Gasteiger partial charge in [0.05, 0.1) is 6.04 Å². The molecule has 5 nitrogen and oxygen atoms in total. The zero-order valence-electron chi connectivity index (χ0n) is 17.9. The maximum absolute atomic E-state index is 13.4. The van der Waals surface area contributed by atoms with Gasteiger partial charge in [-0.3, -0.25) is 4.79 Å².